The number of hydrogen-bond acceptors (Lipinski definition) is 5. The molecule has 0 heterocycles. The molecular formula is C20H28N2O5S2. The second-order valence-electron chi connectivity index (χ2n) is 6.91. The summed E-state index contributed by atoms with van der Waals surface area (Å²) in [5, 5.41) is 0. The lowest BCUT2D eigenvalue weighted by molar-refractivity contribution is 0.481. The fourth-order valence-corrected chi connectivity index (χ4v) is 5.00. The summed E-state index contributed by atoms with van der Waals surface area (Å²) in [5.74, 6) is 0.890. The number of sulfonamides is 2. The number of ether oxygens (including phenoxy) is 1. The summed E-state index contributed by atoms with van der Waals surface area (Å²) in [6, 6.07) is 11.8. The number of benzene rings is 2. The molecule has 2 aromatic rings. The molecule has 0 aliphatic carbocycles. The van der Waals surface area contributed by atoms with Crippen LogP contribution in [-0.4, -0.2) is 28.9 Å². The van der Waals surface area contributed by atoms with Gasteiger partial charge in [-0.05, 0) is 75.2 Å². The maximum atomic E-state index is 12.3. The third kappa shape index (κ3) is 6.53. The van der Waals surface area contributed by atoms with E-state index < -0.39 is 20.0 Å². The van der Waals surface area contributed by atoms with E-state index in [1.54, 1.807) is 38.1 Å². The van der Waals surface area contributed by atoms with Gasteiger partial charge in [-0.3, -0.25) is 0 Å². The van der Waals surface area contributed by atoms with E-state index in [1.807, 2.05) is 13.8 Å². The molecule has 0 aliphatic rings. The Labute approximate surface area is 173 Å². The van der Waals surface area contributed by atoms with Crippen LogP contribution < -0.4 is 14.2 Å². The minimum absolute atomic E-state index is 0.152. The fourth-order valence-electron chi connectivity index (χ4n) is 2.34. The predicted octanol–water partition coefficient (Wildman–Crippen LogP) is 3.63. The van der Waals surface area contributed by atoms with E-state index in [-0.39, 0.29) is 21.9 Å². The predicted molar refractivity (Wildman–Crippen MR) is 113 cm³/mol. The Balaban J connectivity index is 2.09. The Morgan fingerprint density at radius 3 is 1.28 bits per heavy atom. The quantitative estimate of drug-likeness (QED) is 0.587. The van der Waals surface area contributed by atoms with Crippen molar-refractivity contribution in [2.75, 3.05) is 0 Å². The molecule has 0 saturated carbocycles. The van der Waals surface area contributed by atoms with Crippen molar-refractivity contribution in [1.82, 2.24) is 9.44 Å². The minimum atomic E-state index is -3.57. The molecule has 0 aliphatic heterocycles. The highest BCUT2D eigenvalue weighted by molar-refractivity contribution is 7.89. The van der Waals surface area contributed by atoms with Gasteiger partial charge in [-0.25, -0.2) is 26.3 Å². The summed E-state index contributed by atoms with van der Waals surface area (Å²) in [7, 11) is -7.15. The molecule has 0 amide bonds. The van der Waals surface area contributed by atoms with E-state index in [9.17, 15) is 16.8 Å². The van der Waals surface area contributed by atoms with Crippen LogP contribution in [0, 0.1) is 0 Å². The fraction of sp³-hybridized carbons (Fsp3) is 0.400. The van der Waals surface area contributed by atoms with E-state index in [0.29, 0.717) is 24.3 Å². The van der Waals surface area contributed by atoms with Crippen LogP contribution in [0.15, 0.2) is 58.3 Å². The summed E-state index contributed by atoms with van der Waals surface area (Å²) in [4.78, 5) is 0.311. The molecule has 0 bridgehead atoms. The van der Waals surface area contributed by atoms with Crippen LogP contribution in [0.4, 0.5) is 0 Å². The van der Waals surface area contributed by atoms with Crippen molar-refractivity contribution in [2.45, 2.75) is 62.4 Å². The molecule has 2 aromatic carbocycles. The van der Waals surface area contributed by atoms with Crippen LogP contribution >= 0.6 is 0 Å². The van der Waals surface area contributed by atoms with Gasteiger partial charge in [0.05, 0.1) is 9.79 Å². The van der Waals surface area contributed by atoms with Gasteiger partial charge < -0.3 is 4.74 Å². The van der Waals surface area contributed by atoms with E-state index in [4.69, 9.17) is 4.74 Å². The Bertz CT molecular complexity index is 918. The molecule has 0 radical (unpaired) electrons. The summed E-state index contributed by atoms with van der Waals surface area (Å²) < 4.78 is 60.0. The van der Waals surface area contributed by atoms with Gasteiger partial charge in [0, 0.05) is 12.1 Å². The molecule has 2 N–H and O–H groups in total. The van der Waals surface area contributed by atoms with Crippen LogP contribution in [0.1, 0.15) is 40.5 Å². The molecular weight excluding hydrogens is 412 g/mol. The third-order valence-electron chi connectivity index (χ3n) is 4.44. The van der Waals surface area contributed by atoms with Gasteiger partial charge in [0.1, 0.15) is 11.5 Å². The van der Waals surface area contributed by atoms with E-state index >= 15 is 0 Å². The van der Waals surface area contributed by atoms with Crippen LogP contribution in [-0.2, 0) is 20.0 Å². The first-order valence-electron chi connectivity index (χ1n) is 9.50. The largest absolute Gasteiger partial charge is 0.457 e. The molecule has 160 valence electrons. The summed E-state index contributed by atoms with van der Waals surface area (Å²) in [5.41, 5.74) is 0. The lowest BCUT2D eigenvalue weighted by Gasteiger charge is -2.13. The second kappa shape index (κ2) is 9.71. The van der Waals surface area contributed by atoms with E-state index in [0.717, 1.165) is 0 Å². The molecule has 29 heavy (non-hydrogen) atoms. The molecule has 2 atom stereocenters. The van der Waals surface area contributed by atoms with Crippen LogP contribution in [0.2, 0.25) is 0 Å². The average Bonchev–Trinajstić information content (AvgIpc) is 2.68. The average molecular weight is 441 g/mol. The Morgan fingerprint density at radius 1 is 0.690 bits per heavy atom. The Kier molecular flexibility index (Phi) is 7.81. The SMILES string of the molecule is CCC(C)NS(=O)(=O)c1ccc(Oc2ccc(S(=O)(=O)NC(C)CC)cc2)cc1. The van der Waals surface area contributed by atoms with Crippen molar-refractivity contribution in [3.8, 4) is 11.5 Å². The van der Waals surface area contributed by atoms with Crippen molar-refractivity contribution < 1.29 is 21.6 Å². The molecule has 0 aromatic heterocycles. The minimum Gasteiger partial charge on any atom is -0.457 e. The van der Waals surface area contributed by atoms with E-state index in [1.165, 1.54) is 24.3 Å². The zero-order valence-electron chi connectivity index (χ0n) is 17.0. The van der Waals surface area contributed by atoms with Crippen molar-refractivity contribution in [1.29, 1.82) is 0 Å². The summed E-state index contributed by atoms with van der Waals surface area (Å²) >= 11 is 0. The number of nitrogens with one attached hydrogen (secondary N) is 2. The monoisotopic (exact) mass is 440 g/mol. The lowest BCUT2D eigenvalue weighted by Crippen LogP contribution is -2.31. The standard InChI is InChI=1S/C20H28N2O5S2/c1-5-15(3)21-28(23,24)19-11-7-17(8-12-19)27-18-9-13-20(14-10-18)29(25,26)22-16(4)6-2/h7-16,21-22H,5-6H2,1-4H3. The van der Waals surface area contributed by atoms with Gasteiger partial charge >= 0.3 is 0 Å². The highest BCUT2D eigenvalue weighted by Gasteiger charge is 2.18. The first kappa shape index (κ1) is 23.3. The van der Waals surface area contributed by atoms with Crippen molar-refractivity contribution in [2.24, 2.45) is 0 Å². The van der Waals surface area contributed by atoms with Crippen LogP contribution in [0.3, 0.4) is 0 Å². The van der Waals surface area contributed by atoms with Gasteiger partial charge in [0.2, 0.25) is 20.0 Å². The Morgan fingerprint density at radius 2 is 1.00 bits per heavy atom. The molecule has 0 fully saturated rings. The third-order valence-corrected chi connectivity index (χ3v) is 7.65. The van der Waals surface area contributed by atoms with Crippen LogP contribution in [0.5, 0.6) is 11.5 Å². The first-order valence-corrected chi connectivity index (χ1v) is 12.5. The normalized spacial score (nSPS) is 14.3. The zero-order chi connectivity index (χ0) is 21.7. The van der Waals surface area contributed by atoms with Gasteiger partial charge in [0.15, 0.2) is 0 Å². The van der Waals surface area contributed by atoms with Gasteiger partial charge in [0.25, 0.3) is 0 Å². The molecule has 0 saturated heterocycles. The van der Waals surface area contributed by atoms with Crippen LogP contribution in [0.25, 0.3) is 0 Å². The first-order chi connectivity index (χ1) is 13.6. The molecule has 2 rings (SSSR count). The van der Waals surface area contributed by atoms with Crippen molar-refractivity contribution in [3.63, 3.8) is 0 Å². The maximum Gasteiger partial charge on any atom is 0.240 e. The van der Waals surface area contributed by atoms with Crippen molar-refractivity contribution >= 4 is 20.0 Å². The van der Waals surface area contributed by atoms with Gasteiger partial charge in [-0.2, -0.15) is 0 Å². The summed E-state index contributed by atoms with van der Waals surface area (Å²) in [6.45, 7) is 7.41. The topological polar surface area (TPSA) is 102 Å². The highest BCUT2D eigenvalue weighted by Crippen LogP contribution is 2.24. The van der Waals surface area contributed by atoms with Crippen molar-refractivity contribution in [3.05, 3.63) is 48.5 Å². The second-order valence-corrected chi connectivity index (χ2v) is 10.3. The summed E-state index contributed by atoms with van der Waals surface area (Å²) in [6.07, 6.45) is 1.39. The molecule has 9 heteroatoms. The number of hydrogen-bond donors (Lipinski definition) is 2. The highest BCUT2D eigenvalue weighted by atomic mass is 32.2. The van der Waals surface area contributed by atoms with E-state index in [2.05, 4.69) is 9.44 Å². The Hall–Kier alpha value is -1.94. The molecule has 0 spiro atoms. The zero-order valence-corrected chi connectivity index (χ0v) is 18.7. The molecule has 7 nitrogen and oxygen atoms in total. The lowest BCUT2D eigenvalue weighted by atomic mass is 10.3. The number of rotatable bonds is 10. The smallest absolute Gasteiger partial charge is 0.240 e. The van der Waals surface area contributed by atoms with Gasteiger partial charge in [-0.1, -0.05) is 13.8 Å². The van der Waals surface area contributed by atoms with Gasteiger partial charge in [-0.15, -0.1) is 0 Å². The maximum absolute atomic E-state index is 12.3. The molecule has 2 unspecified atom stereocenters.